The van der Waals surface area contributed by atoms with Crippen molar-refractivity contribution in [3.05, 3.63) is 0 Å². The fraction of sp³-hybridized carbons (Fsp3) is 1.00. The van der Waals surface area contributed by atoms with Crippen LogP contribution in [0.5, 0.6) is 0 Å². The predicted octanol–water partition coefficient (Wildman–Crippen LogP) is 0.663. The summed E-state index contributed by atoms with van der Waals surface area (Å²) in [6, 6.07) is 0. The van der Waals surface area contributed by atoms with Crippen molar-refractivity contribution in [1.82, 2.24) is 0 Å². The normalized spacial score (nSPS) is 14.4. The van der Waals surface area contributed by atoms with Crippen LogP contribution in [0.3, 0.4) is 0 Å². The van der Waals surface area contributed by atoms with Crippen molar-refractivity contribution >= 4 is 10.1 Å². The Morgan fingerprint density at radius 1 is 1.31 bits per heavy atom. The van der Waals surface area contributed by atoms with E-state index in [0.29, 0.717) is 13.2 Å². The zero-order chi connectivity index (χ0) is 10.3. The van der Waals surface area contributed by atoms with E-state index in [1.54, 1.807) is 6.92 Å². The molecule has 0 aliphatic carbocycles. The van der Waals surface area contributed by atoms with Crippen LogP contribution in [0.4, 0.5) is 0 Å². The molecule has 1 N–H and O–H groups in total. The molecule has 0 spiro atoms. The van der Waals surface area contributed by atoms with Crippen molar-refractivity contribution in [2.24, 2.45) is 0 Å². The third kappa shape index (κ3) is 5.98. The lowest BCUT2D eigenvalue weighted by molar-refractivity contribution is 0.0345. The summed E-state index contributed by atoms with van der Waals surface area (Å²) in [6.45, 7) is 4.53. The average molecular weight is 212 g/mol. The molecule has 0 aromatic carbocycles. The molecule has 5 nitrogen and oxygen atoms in total. The highest BCUT2D eigenvalue weighted by Crippen LogP contribution is 2.04. The van der Waals surface area contributed by atoms with E-state index >= 15 is 0 Å². The van der Waals surface area contributed by atoms with E-state index < -0.39 is 15.6 Å². The Labute approximate surface area is 78.8 Å². The van der Waals surface area contributed by atoms with Crippen molar-refractivity contribution in [3.8, 4) is 0 Å². The van der Waals surface area contributed by atoms with Crippen LogP contribution in [-0.4, -0.2) is 38.2 Å². The van der Waals surface area contributed by atoms with Gasteiger partial charge in [0, 0.05) is 6.61 Å². The predicted molar refractivity (Wildman–Crippen MR) is 48.1 cm³/mol. The molecule has 0 aromatic rings. The van der Waals surface area contributed by atoms with E-state index in [0.717, 1.165) is 0 Å². The maximum atomic E-state index is 10.6. The molecule has 0 saturated carbocycles. The van der Waals surface area contributed by atoms with E-state index in [1.165, 1.54) is 0 Å². The SMILES string of the molecule is CCOCCOC(CC)S(=O)(=O)O. The molecule has 0 aliphatic heterocycles. The first kappa shape index (κ1) is 12.8. The molecule has 1 unspecified atom stereocenters. The second-order valence-electron chi connectivity index (χ2n) is 2.42. The third-order valence-electron chi connectivity index (χ3n) is 1.40. The van der Waals surface area contributed by atoms with Gasteiger partial charge in [-0.1, -0.05) is 6.92 Å². The lowest BCUT2D eigenvalue weighted by Gasteiger charge is -2.12. The van der Waals surface area contributed by atoms with Crippen LogP contribution in [0.15, 0.2) is 0 Å². The number of hydrogen-bond donors (Lipinski definition) is 1. The lowest BCUT2D eigenvalue weighted by atomic mass is 10.5. The highest BCUT2D eigenvalue weighted by atomic mass is 32.2. The summed E-state index contributed by atoms with van der Waals surface area (Å²) in [5.74, 6) is 0. The molecule has 0 radical (unpaired) electrons. The minimum absolute atomic E-state index is 0.173. The van der Waals surface area contributed by atoms with E-state index in [9.17, 15) is 8.42 Å². The fourth-order valence-electron chi connectivity index (χ4n) is 0.797. The highest BCUT2D eigenvalue weighted by molar-refractivity contribution is 7.86. The van der Waals surface area contributed by atoms with Crippen LogP contribution in [-0.2, 0) is 19.6 Å². The van der Waals surface area contributed by atoms with Crippen molar-refractivity contribution in [2.45, 2.75) is 25.7 Å². The zero-order valence-corrected chi connectivity index (χ0v) is 8.71. The largest absolute Gasteiger partial charge is 0.379 e. The second kappa shape index (κ2) is 6.31. The average Bonchev–Trinajstić information content (AvgIpc) is 2.02. The van der Waals surface area contributed by atoms with Crippen LogP contribution >= 0.6 is 0 Å². The summed E-state index contributed by atoms with van der Waals surface area (Å²) in [5, 5.41) is 0. The van der Waals surface area contributed by atoms with E-state index in [1.807, 2.05) is 6.92 Å². The van der Waals surface area contributed by atoms with Gasteiger partial charge in [-0.15, -0.1) is 0 Å². The first-order chi connectivity index (χ1) is 6.02. The maximum Gasteiger partial charge on any atom is 0.292 e. The Morgan fingerprint density at radius 2 is 1.92 bits per heavy atom. The van der Waals surface area contributed by atoms with Gasteiger partial charge in [0.1, 0.15) is 0 Å². The standard InChI is InChI=1S/C7H16O5S/c1-3-7(13(8,9)10)12-6-5-11-4-2/h7H,3-6H2,1-2H3,(H,8,9,10). The molecular weight excluding hydrogens is 196 g/mol. The number of hydrogen-bond acceptors (Lipinski definition) is 4. The van der Waals surface area contributed by atoms with Gasteiger partial charge >= 0.3 is 0 Å². The van der Waals surface area contributed by atoms with Gasteiger partial charge in [0.25, 0.3) is 10.1 Å². The first-order valence-corrected chi connectivity index (χ1v) is 5.68. The molecule has 0 heterocycles. The van der Waals surface area contributed by atoms with Gasteiger partial charge < -0.3 is 9.47 Å². The molecule has 0 aliphatic rings. The third-order valence-corrected chi connectivity index (χ3v) is 2.53. The minimum atomic E-state index is -4.08. The van der Waals surface area contributed by atoms with Crippen LogP contribution in [0.1, 0.15) is 20.3 Å². The van der Waals surface area contributed by atoms with E-state index in [-0.39, 0.29) is 13.0 Å². The molecular formula is C7H16O5S. The first-order valence-electron chi connectivity index (χ1n) is 4.18. The van der Waals surface area contributed by atoms with Crippen molar-refractivity contribution in [3.63, 3.8) is 0 Å². The van der Waals surface area contributed by atoms with Gasteiger partial charge in [0.2, 0.25) is 0 Å². The molecule has 0 amide bonds. The van der Waals surface area contributed by atoms with Crippen LogP contribution in [0.25, 0.3) is 0 Å². The van der Waals surface area contributed by atoms with E-state index in [2.05, 4.69) is 0 Å². The van der Waals surface area contributed by atoms with Crippen LogP contribution < -0.4 is 0 Å². The summed E-state index contributed by atoms with van der Waals surface area (Å²) in [4.78, 5) is 0. The Kier molecular flexibility index (Phi) is 6.23. The van der Waals surface area contributed by atoms with Gasteiger partial charge in [-0.3, -0.25) is 4.55 Å². The topological polar surface area (TPSA) is 72.8 Å². The molecule has 0 fully saturated rings. The molecule has 13 heavy (non-hydrogen) atoms. The summed E-state index contributed by atoms with van der Waals surface area (Å²) in [6.07, 6.45) is 0.227. The van der Waals surface area contributed by atoms with Crippen molar-refractivity contribution < 1.29 is 22.4 Å². The maximum absolute atomic E-state index is 10.6. The second-order valence-corrected chi connectivity index (χ2v) is 3.98. The monoisotopic (exact) mass is 212 g/mol. The number of ether oxygens (including phenoxy) is 2. The van der Waals surface area contributed by atoms with Gasteiger partial charge in [0.05, 0.1) is 13.2 Å². The number of rotatable bonds is 7. The Morgan fingerprint density at radius 3 is 2.31 bits per heavy atom. The van der Waals surface area contributed by atoms with Gasteiger partial charge in [-0.2, -0.15) is 8.42 Å². The quantitative estimate of drug-likeness (QED) is 0.496. The lowest BCUT2D eigenvalue weighted by Crippen LogP contribution is -2.24. The van der Waals surface area contributed by atoms with Gasteiger partial charge in [0.15, 0.2) is 5.44 Å². The van der Waals surface area contributed by atoms with Crippen LogP contribution in [0, 0.1) is 0 Å². The molecule has 80 valence electrons. The molecule has 0 bridgehead atoms. The Bertz CT molecular complexity index is 211. The van der Waals surface area contributed by atoms with E-state index in [4.69, 9.17) is 14.0 Å². The molecule has 0 saturated heterocycles. The van der Waals surface area contributed by atoms with Gasteiger partial charge in [-0.05, 0) is 13.3 Å². The Hall–Kier alpha value is -0.170. The van der Waals surface area contributed by atoms with Crippen LogP contribution in [0.2, 0.25) is 0 Å². The zero-order valence-electron chi connectivity index (χ0n) is 7.89. The summed E-state index contributed by atoms with van der Waals surface area (Å²) in [7, 11) is -4.08. The van der Waals surface area contributed by atoms with Gasteiger partial charge in [-0.25, -0.2) is 0 Å². The molecule has 0 aromatic heterocycles. The summed E-state index contributed by atoms with van der Waals surface area (Å²) >= 11 is 0. The molecule has 1 atom stereocenters. The minimum Gasteiger partial charge on any atom is -0.379 e. The molecule has 6 heteroatoms. The smallest absolute Gasteiger partial charge is 0.292 e. The molecule has 0 rings (SSSR count). The van der Waals surface area contributed by atoms with Crippen molar-refractivity contribution in [1.29, 1.82) is 0 Å². The fourth-order valence-corrected chi connectivity index (χ4v) is 1.49. The van der Waals surface area contributed by atoms with Crippen molar-refractivity contribution in [2.75, 3.05) is 19.8 Å². The summed E-state index contributed by atoms with van der Waals surface area (Å²) in [5.41, 5.74) is -1.13. The highest BCUT2D eigenvalue weighted by Gasteiger charge is 2.20. The summed E-state index contributed by atoms with van der Waals surface area (Å²) < 4.78 is 39.7. The Balaban J connectivity index is 3.74.